The molecule has 2 saturated heterocycles. The van der Waals surface area contributed by atoms with E-state index >= 15 is 0 Å². The number of rotatable bonds is 6. The lowest BCUT2D eigenvalue weighted by atomic mass is 9.98. The van der Waals surface area contributed by atoms with E-state index in [0.717, 1.165) is 6.07 Å². The van der Waals surface area contributed by atoms with Gasteiger partial charge in [0.05, 0.1) is 24.7 Å². The minimum Gasteiger partial charge on any atom is -0.493 e. The lowest BCUT2D eigenvalue weighted by Crippen LogP contribution is -2.41. The highest BCUT2D eigenvalue weighted by molar-refractivity contribution is 7.89. The first-order valence-corrected chi connectivity index (χ1v) is 10.1. The SMILES string of the molecule is CCOc1ccc(S(=O)(=O)N2CCC(C3OCCO3)CC2)cc1C(=O)O. The van der Waals surface area contributed by atoms with Crippen molar-refractivity contribution in [2.45, 2.75) is 31.0 Å². The second-order valence-corrected chi connectivity index (χ2v) is 8.19. The Bertz CT molecular complexity index is 750. The molecule has 0 radical (unpaired) electrons. The highest BCUT2D eigenvalue weighted by atomic mass is 32.2. The normalized spacial score (nSPS) is 20.3. The van der Waals surface area contributed by atoms with Gasteiger partial charge in [0.15, 0.2) is 6.29 Å². The van der Waals surface area contributed by atoms with Gasteiger partial charge in [-0.05, 0) is 38.0 Å². The number of ether oxygens (including phenoxy) is 3. The highest BCUT2D eigenvalue weighted by Crippen LogP contribution is 2.30. The zero-order valence-electron chi connectivity index (χ0n) is 14.6. The van der Waals surface area contributed by atoms with Crippen LogP contribution in [0, 0.1) is 5.92 Å². The summed E-state index contributed by atoms with van der Waals surface area (Å²) in [6, 6.07) is 3.95. The Morgan fingerprint density at radius 2 is 1.92 bits per heavy atom. The Hall–Kier alpha value is -1.68. The predicted molar refractivity (Wildman–Crippen MR) is 91.7 cm³/mol. The number of hydrogen-bond acceptors (Lipinski definition) is 6. The maximum atomic E-state index is 12.9. The van der Waals surface area contributed by atoms with Gasteiger partial charge in [-0.3, -0.25) is 0 Å². The fourth-order valence-corrected chi connectivity index (χ4v) is 4.80. The predicted octanol–water partition coefficient (Wildman–Crippen LogP) is 1.56. The summed E-state index contributed by atoms with van der Waals surface area (Å²) in [4.78, 5) is 11.4. The van der Waals surface area contributed by atoms with E-state index in [-0.39, 0.29) is 28.4 Å². The average molecular weight is 385 g/mol. The molecule has 0 amide bonds. The Labute approximate surface area is 152 Å². The number of nitrogens with zero attached hydrogens (tertiary/aromatic N) is 1. The number of carboxylic acid groups (broad SMARTS) is 1. The number of carboxylic acids is 1. The second kappa shape index (κ2) is 7.91. The highest BCUT2D eigenvalue weighted by Gasteiger charge is 2.35. The Kier molecular flexibility index (Phi) is 5.81. The molecule has 0 spiro atoms. The number of carbonyl (C=O) groups is 1. The Morgan fingerprint density at radius 1 is 1.27 bits per heavy atom. The van der Waals surface area contributed by atoms with E-state index in [9.17, 15) is 18.3 Å². The van der Waals surface area contributed by atoms with Crippen molar-refractivity contribution >= 4 is 16.0 Å². The molecule has 0 aromatic heterocycles. The van der Waals surface area contributed by atoms with Gasteiger partial charge >= 0.3 is 5.97 Å². The van der Waals surface area contributed by atoms with Crippen LogP contribution in [0.3, 0.4) is 0 Å². The smallest absolute Gasteiger partial charge is 0.339 e. The van der Waals surface area contributed by atoms with Gasteiger partial charge in [-0.2, -0.15) is 4.31 Å². The summed E-state index contributed by atoms with van der Waals surface area (Å²) in [7, 11) is -3.76. The van der Waals surface area contributed by atoms with E-state index in [0.29, 0.717) is 45.8 Å². The summed E-state index contributed by atoms with van der Waals surface area (Å²) >= 11 is 0. The quantitative estimate of drug-likeness (QED) is 0.793. The number of aromatic carboxylic acids is 1. The third-order valence-electron chi connectivity index (χ3n) is 4.65. The summed E-state index contributed by atoms with van der Waals surface area (Å²) in [6.07, 6.45) is 1.04. The summed E-state index contributed by atoms with van der Waals surface area (Å²) in [5.41, 5.74) is -0.157. The van der Waals surface area contributed by atoms with Crippen LogP contribution in [0.5, 0.6) is 5.75 Å². The summed E-state index contributed by atoms with van der Waals surface area (Å²) in [5, 5.41) is 9.33. The van der Waals surface area contributed by atoms with Gasteiger partial charge in [0.1, 0.15) is 11.3 Å². The Balaban J connectivity index is 1.76. The molecule has 26 heavy (non-hydrogen) atoms. The number of hydrogen-bond donors (Lipinski definition) is 1. The minimum atomic E-state index is -3.76. The zero-order chi connectivity index (χ0) is 18.7. The van der Waals surface area contributed by atoms with Crippen molar-refractivity contribution in [2.24, 2.45) is 5.92 Å². The van der Waals surface area contributed by atoms with Gasteiger partial charge in [0.25, 0.3) is 0 Å². The fourth-order valence-electron chi connectivity index (χ4n) is 3.30. The van der Waals surface area contributed by atoms with Gasteiger partial charge in [0, 0.05) is 19.0 Å². The Morgan fingerprint density at radius 3 is 2.50 bits per heavy atom. The van der Waals surface area contributed by atoms with Gasteiger partial charge in [-0.15, -0.1) is 0 Å². The number of benzene rings is 1. The average Bonchev–Trinajstić information content (AvgIpc) is 3.17. The van der Waals surface area contributed by atoms with E-state index in [1.807, 2.05) is 0 Å². The lowest BCUT2D eigenvalue weighted by molar-refractivity contribution is -0.0938. The third-order valence-corrected chi connectivity index (χ3v) is 6.54. The molecule has 2 aliphatic rings. The molecule has 2 aliphatic heterocycles. The monoisotopic (exact) mass is 385 g/mol. The van der Waals surface area contributed by atoms with E-state index in [1.54, 1.807) is 6.92 Å². The van der Waals surface area contributed by atoms with Crippen LogP contribution in [-0.4, -0.2) is 63.0 Å². The summed E-state index contributed by atoms with van der Waals surface area (Å²) < 4.78 is 43.4. The molecular formula is C17H23NO7S. The maximum Gasteiger partial charge on any atom is 0.339 e. The number of piperidine rings is 1. The molecule has 3 rings (SSSR count). The largest absolute Gasteiger partial charge is 0.493 e. The van der Waals surface area contributed by atoms with Crippen LogP contribution in [0.25, 0.3) is 0 Å². The van der Waals surface area contributed by atoms with Crippen molar-refractivity contribution in [2.75, 3.05) is 32.9 Å². The first-order chi connectivity index (χ1) is 12.4. The second-order valence-electron chi connectivity index (χ2n) is 6.25. The van der Waals surface area contributed by atoms with Crippen molar-refractivity contribution in [1.29, 1.82) is 0 Å². The van der Waals surface area contributed by atoms with Crippen LogP contribution in [0.15, 0.2) is 23.1 Å². The van der Waals surface area contributed by atoms with Gasteiger partial charge in [-0.25, -0.2) is 13.2 Å². The molecule has 0 atom stereocenters. The fraction of sp³-hybridized carbons (Fsp3) is 0.588. The van der Waals surface area contributed by atoms with Crippen LogP contribution >= 0.6 is 0 Å². The van der Waals surface area contributed by atoms with E-state index < -0.39 is 16.0 Å². The van der Waals surface area contributed by atoms with Gasteiger partial charge < -0.3 is 19.3 Å². The van der Waals surface area contributed by atoms with Crippen molar-refractivity contribution in [1.82, 2.24) is 4.31 Å². The van der Waals surface area contributed by atoms with Crippen LogP contribution in [-0.2, 0) is 19.5 Å². The molecule has 1 aromatic carbocycles. The molecule has 0 aliphatic carbocycles. The van der Waals surface area contributed by atoms with Crippen LogP contribution in [0.2, 0.25) is 0 Å². The molecule has 8 nitrogen and oxygen atoms in total. The third kappa shape index (κ3) is 3.85. The number of sulfonamides is 1. The molecule has 9 heteroatoms. The standard InChI is InChI=1S/C17H23NO7S/c1-2-23-15-4-3-13(11-14(15)16(19)20)26(21,22)18-7-5-12(6-8-18)17-24-9-10-25-17/h3-4,11-12,17H,2,5-10H2,1H3,(H,19,20). The molecular weight excluding hydrogens is 362 g/mol. The molecule has 0 saturated carbocycles. The van der Waals surface area contributed by atoms with E-state index in [4.69, 9.17) is 14.2 Å². The van der Waals surface area contributed by atoms with Gasteiger partial charge in [-0.1, -0.05) is 0 Å². The first-order valence-electron chi connectivity index (χ1n) is 8.67. The van der Waals surface area contributed by atoms with E-state index in [1.165, 1.54) is 16.4 Å². The molecule has 1 N–H and O–H groups in total. The molecule has 144 valence electrons. The van der Waals surface area contributed by atoms with E-state index in [2.05, 4.69) is 0 Å². The van der Waals surface area contributed by atoms with Crippen LogP contribution in [0.1, 0.15) is 30.1 Å². The first kappa shape index (κ1) is 19.1. The topological polar surface area (TPSA) is 102 Å². The lowest BCUT2D eigenvalue weighted by Gasteiger charge is -2.33. The summed E-state index contributed by atoms with van der Waals surface area (Å²) in [5.74, 6) is -0.883. The minimum absolute atomic E-state index is 0.0369. The van der Waals surface area contributed by atoms with Crippen LogP contribution < -0.4 is 4.74 Å². The van der Waals surface area contributed by atoms with Crippen molar-refractivity contribution in [3.63, 3.8) is 0 Å². The summed E-state index contributed by atoms with van der Waals surface area (Å²) in [6.45, 7) is 3.89. The zero-order valence-corrected chi connectivity index (χ0v) is 15.4. The van der Waals surface area contributed by atoms with Crippen molar-refractivity contribution < 1.29 is 32.5 Å². The van der Waals surface area contributed by atoms with Crippen LogP contribution in [0.4, 0.5) is 0 Å². The van der Waals surface area contributed by atoms with Crippen molar-refractivity contribution in [3.8, 4) is 5.75 Å². The maximum absolute atomic E-state index is 12.9. The molecule has 2 heterocycles. The van der Waals surface area contributed by atoms with Crippen molar-refractivity contribution in [3.05, 3.63) is 23.8 Å². The van der Waals surface area contributed by atoms with Gasteiger partial charge in [0.2, 0.25) is 10.0 Å². The molecule has 1 aromatic rings. The molecule has 2 fully saturated rings. The molecule has 0 bridgehead atoms. The molecule has 0 unspecified atom stereocenters.